The van der Waals surface area contributed by atoms with Crippen molar-refractivity contribution in [3.05, 3.63) is 29.8 Å². The maximum Gasteiger partial charge on any atom is 0.238 e. The first-order chi connectivity index (χ1) is 9.56. The van der Waals surface area contributed by atoms with E-state index in [2.05, 4.69) is 24.5 Å². The van der Waals surface area contributed by atoms with Crippen LogP contribution >= 0.6 is 0 Å². The van der Waals surface area contributed by atoms with E-state index in [0.29, 0.717) is 12.5 Å². The molecule has 0 aliphatic heterocycles. The first-order valence-corrected chi connectivity index (χ1v) is 7.32. The molecule has 1 rings (SSSR count). The zero-order valence-corrected chi connectivity index (χ0v) is 12.6. The van der Waals surface area contributed by atoms with Gasteiger partial charge in [-0.25, -0.2) is 0 Å². The van der Waals surface area contributed by atoms with Crippen molar-refractivity contribution < 1.29 is 9.90 Å². The molecular formula is C16H26N2O2. The van der Waals surface area contributed by atoms with E-state index < -0.39 is 6.10 Å². The number of aryl methyl sites for hydroxylation is 1. The molecule has 0 aromatic heterocycles. The van der Waals surface area contributed by atoms with Crippen molar-refractivity contribution in [2.45, 2.75) is 39.7 Å². The number of hydrogen-bond acceptors (Lipinski definition) is 3. The Morgan fingerprint density at radius 3 is 2.60 bits per heavy atom. The third-order valence-corrected chi connectivity index (χ3v) is 3.53. The number of nitrogens with one attached hydrogen (secondary N) is 2. The number of amides is 1. The summed E-state index contributed by atoms with van der Waals surface area (Å²) in [5, 5.41) is 15.8. The average molecular weight is 278 g/mol. The van der Waals surface area contributed by atoms with Gasteiger partial charge in [-0.15, -0.1) is 0 Å². The lowest BCUT2D eigenvalue weighted by molar-refractivity contribution is -0.115. The smallest absolute Gasteiger partial charge is 0.238 e. The van der Waals surface area contributed by atoms with E-state index in [4.69, 9.17) is 0 Å². The molecule has 0 heterocycles. The number of benzene rings is 1. The lowest BCUT2D eigenvalue weighted by Gasteiger charge is -2.20. The number of carbonyl (C=O) groups excluding carboxylic acids is 1. The molecule has 0 radical (unpaired) electrons. The number of anilines is 1. The van der Waals surface area contributed by atoms with Crippen LogP contribution in [0.3, 0.4) is 0 Å². The fourth-order valence-electron chi connectivity index (χ4n) is 2.26. The van der Waals surface area contributed by atoms with Gasteiger partial charge in [0.2, 0.25) is 5.91 Å². The SMILES string of the molecule is CCC(CC)C(O)CNCC(=O)Nc1cccc(C)c1. The largest absolute Gasteiger partial charge is 0.392 e. The van der Waals surface area contributed by atoms with Crippen LogP contribution in [0.2, 0.25) is 0 Å². The Balaban J connectivity index is 2.30. The molecule has 0 spiro atoms. The molecule has 0 saturated carbocycles. The topological polar surface area (TPSA) is 61.4 Å². The second-order valence-corrected chi connectivity index (χ2v) is 5.19. The van der Waals surface area contributed by atoms with Gasteiger partial charge < -0.3 is 15.7 Å². The third-order valence-electron chi connectivity index (χ3n) is 3.53. The quantitative estimate of drug-likeness (QED) is 0.684. The van der Waals surface area contributed by atoms with Crippen molar-refractivity contribution >= 4 is 11.6 Å². The summed E-state index contributed by atoms with van der Waals surface area (Å²) < 4.78 is 0. The zero-order valence-electron chi connectivity index (χ0n) is 12.6. The van der Waals surface area contributed by atoms with Gasteiger partial charge in [0.05, 0.1) is 12.6 Å². The molecule has 0 aliphatic rings. The lowest BCUT2D eigenvalue weighted by Crippen LogP contribution is -2.36. The molecule has 1 aromatic carbocycles. The van der Waals surface area contributed by atoms with Crippen molar-refractivity contribution in [2.75, 3.05) is 18.4 Å². The second-order valence-electron chi connectivity index (χ2n) is 5.19. The van der Waals surface area contributed by atoms with E-state index in [-0.39, 0.29) is 12.5 Å². The number of aliphatic hydroxyl groups excluding tert-OH is 1. The Morgan fingerprint density at radius 2 is 2.00 bits per heavy atom. The molecule has 4 heteroatoms. The summed E-state index contributed by atoms with van der Waals surface area (Å²) in [6.07, 6.45) is 1.51. The van der Waals surface area contributed by atoms with Crippen LogP contribution in [0.25, 0.3) is 0 Å². The van der Waals surface area contributed by atoms with E-state index in [1.165, 1.54) is 0 Å². The second kappa shape index (κ2) is 8.72. The Labute approximate surface area is 121 Å². The lowest BCUT2D eigenvalue weighted by atomic mass is 9.97. The van der Waals surface area contributed by atoms with E-state index >= 15 is 0 Å². The molecule has 0 aliphatic carbocycles. The molecule has 0 fully saturated rings. The molecule has 1 aromatic rings. The summed E-state index contributed by atoms with van der Waals surface area (Å²) >= 11 is 0. The Kier molecular flexibility index (Phi) is 7.26. The van der Waals surface area contributed by atoms with Crippen LogP contribution in [0.1, 0.15) is 32.3 Å². The fourth-order valence-corrected chi connectivity index (χ4v) is 2.26. The monoisotopic (exact) mass is 278 g/mol. The Bertz CT molecular complexity index is 417. The summed E-state index contributed by atoms with van der Waals surface area (Å²) in [6.45, 7) is 6.79. The summed E-state index contributed by atoms with van der Waals surface area (Å²) in [4.78, 5) is 11.8. The van der Waals surface area contributed by atoms with Crippen molar-refractivity contribution in [2.24, 2.45) is 5.92 Å². The first-order valence-electron chi connectivity index (χ1n) is 7.32. The van der Waals surface area contributed by atoms with Gasteiger partial charge in [0.25, 0.3) is 0 Å². The molecular weight excluding hydrogens is 252 g/mol. The van der Waals surface area contributed by atoms with Crippen LogP contribution < -0.4 is 10.6 Å². The number of rotatable bonds is 8. The Hall–Kier alpha value is -1.39. The summed E-state index contributed by atoms with van der Waals surface area (Å²) in [5.41, 5.74) is 1.91. The zero-order chi connectivity index (χ0) is 15.0. The van der Waals surface area contributed by atoms with Crippen molar-refractivity contribution in [1.82, 2.24) is 5.32 Å². The van der Waals surface area contributed by atoms with Crippen molar-refractivity contribution in [1.29, 1.82) is 0 Å². The van der Waals surface area contributed by atoms with Crippen LogP contribution in [-0.4, -0.2) is 30.2 Å². The van der Waals surface area contributed by atoms with E-state index in [9.17, 15) is 9.90 Å². The molecule has 0 bridgehead atoms. The predicted molar refractivity (Wildman–Crippen MR) is 82.8 cm³/mol. The molecule has 0 saturated heterocycles. The maximum atomic E-state index is 11.8. The number of hydrogen-bond donors (Lipinski definition) is 3. The average Bonchev–Trinajstić information content (AvgIpc) is 2.40. The minimum atomic E-state index is -0.392. The minimum Gasteiger partial charge on any atom is -0.392 e. The summed E-state index contributed by atoms with van der Waals surface area (Å²) in [6, 6.07) is 7.69. The van der Waals surface area contributed by atoms with E-state index in [0.717, 1.165) is 24.1 Å². The van der Waals surface area contributed by atoms with Crippen LogP contribution in [-0.2, 0) is 4.79 Å². The van der Waals surface area contributed by atoms with Crippen LogP contribution in [0.5, 0.6) is 0 Å². The highest BCUT2D eigenvalue weighted by molar-refractivity contribution is 5.92. The third kappa shape index (κ3) is 5.72. The first kappa shape index (κ1) is 16.7. The minimum absolute atomic E-state index is 0.0904. The molecule has 112 valence electrons. The standard InChI is InChI=1S/C16H26N2O2/c1-4-13(5-2)15(19)10-17-11-16(20)18-14-8-6-7-12(3)9-14/h6-9,13,15,17,19H,4-5,10-11H2,1-3H3,(H,18,20). The van der Waals surface area contributed by atoms with Gasteiger partial charge in [0.15, 0.2) is 0 Å². The highest BCUT2D eigenvalue weighted by atomic mass is 16.3. The molecule has 3 N–H and O–H groups in total. The highest BCUT2D eigenvalue weighted by Gasteiger charge is 2.15. The Morgan fingerprint density at radius 1 is 1.30 bits per heavy atom. The van der Waals surface area contributed by atoms with Gasteiger partial charge in [0.1, 0.15) is 0 Å². The van der Waals surface area contributed by atoms with Gasteiger partial charge >= 0.3 is 0 Å². The summed E-state index contributed by atoms with van der Waals surface area (Å²) in [7, 11) is 0. The van der Waals surface area contributed by atoms with Gasteiger partial charge in [-0.1, -0.05) is 38.8 Å². The predicted octanol–water partition coefficient (Wildman–Crippen LogP) is 2.32. The maximum absolute atomic E-state index is 11.8. The summed E-state index contributed by atoms with van der Waals surface area (Å²) in [5.74, 6) is 0.203. The molecule has 4 nitrogen and oxygen atoms in total. The van der Waals surface area contributed by atoms with Crippen LogP contribution in [0.4, 0.5) is 5.69 Å². The van der Waals surface area contributed by atoms with Gasteiger partial charge in [-0.3, -0.25) is 4.79 Å². The molecule has 20 heavy (non-hydrogen) atoms. The van der Waals surface area contributed by atoms with E-state index in [1.807, 2.05) is 31.2 Å². The van der Waals surface area contributed by atoms with Gasteiger partial charge in [0, 0.05) is 12.2 Å². The van der Waals surface area contributed by atoms with Gasteiger partial charge in [-0.2, -0.15) is 0 Å². The molecule has 1 atom stereocenters. The number of carbonyl (C=O) groups is 1. The van der Waals surface area contributed by atoms with Gasteiger partial charge in [-0.05, 0) is 30.5 Å². The van der Waals surface area contributed by atoms with Crippen LogP contribution in [0, 0.1) is 12.8 Å². The normalized spacial score (nSPS) is 12.4. The number of aliphatic hydroxyl groups is 1. The highest BCUT2D eigenvalue weighted by Crippen LogP contribution is 2.12. The van der Waals surface area contributed by atoms with Crippen molar-refractivity contribution in [3.8, 4) is 0 Å². The molecule has 1 unspecified atom stereocenters. The van der Waals surface area contributed by atoms with E-state index in [1.54, 1.807) is 0 Å². The van der Waals surface area contributed by atoms with Crippen LogP contribution in [0.15, 0.2) is 24.3 Å². The molecule has 1 amide bonds. The fraction of sp³-hybridized carbons (Fsp3) is 0.562. The van der Waals surface area contributed by atoms with Crippen molar-refractivity contribution in [3.63, 3.8) is 0 Å².